The van der Waals surface area contributed by atoms with E-state index in [4.69, 9.17) is 0 Å². The van der Waals surface area contributed by atoms with E-state index < -0.39 is 5.67 Å². The fraction of sp³-hybridized carbons (Fsp3) is 0.389. The van der Waals surface area contributed by atoms with E-state index in [-0.39, 0.29) is 5.82 Å². The highest BCUT2D eigenvalue weighted by atomic mass is 19.1. The van der Waals surface area contributed by atoms with E-state index in [9.17, 15) is 8.78 Å². The van der Waals surface area contributed by atoms with Gasteiger partial charge in [-0.3, -0.25) is 0 Å². The van der Waals surface area contributed by atoms with Crippen LogP contribution in [0.3, 0.4) is 0 Å². The molecule has 25 heavy (non-hydrogen) atoms. The fourth-order valence-corrected chi connectivity index (χ4v) is 3.46. The summed E-state index contributed by atoms with van der Waals surface area (Å²) in [7, 11) is 1.83. The van der Waals surface area contributed by atoms with Crippen molar-refractivity contribution in [3.05, 3.63) is 42.2 Å². The van der Waals surface area contributed by atoms with Crippen molar-refractivity contribution in [3.8, 4) is 11.4 Å². The third kappa shape index (κ3) is 3.06. The summed E-state index contributed by atoms with van der Waals surface area (Å²) in [6.45, 7) is 0.308. The highest BCUT2D eigenvalue weighted by Gasteiger charge is 2.35. The van der Waals surface area contributed by atoms with E-state index >= 15 is 0 Å². The van der Waals surface area contributed by atoms with Crippen LogP contribution >= 0.6 is 0 Å². The van der Waals surface area contributed by atoms with Crippen LogP contribution in [0.15, 0.2) is 36.4 Å². The lowest BCUT2D eigenvalue weighted by molar-refractivity contribution is 0.181. The minimum Gasteiger partial charge on any atom is -0.355 e. The molecule has 0 unspecified atom stereocenters. The Morgan fingerprint density at radius 3 is 2.72 bits per heavy atom. The van der Waals surface area contributed by atoms with Gasteiger partial charge in [-0.25, -0.2) is 8.78 Å². The lowest BCUT2D eigenvalue weighted by Gasteiger charge is -2.27. The van der Waals surface area contributed by atoms with Gasteiger partial charge in [0.15, 0.2) is 11.5 Å². The third-order valence-electron chi connectivity index (χ3n) is 4.74. The van der Waals surface area contributed by atoms with Crippen LogP contribution in [-0.2, 0) is 0 Å². The number of hydrogen-bond donors (Lipinski definition) is 0. The Morgan fingerprint density at radius 2 is 1.96 bits per heavy atom. The maximum absolute atomic E-state index is 14.7. The molecular weight excluding hydrogens is 324 g/mol. The van der Waals surface area contributed by atoms with Crippen LogP contribution in [0.25, 0.3) is 17.0 Å². The summed E-state index contributed by atoms with van der Waals surface area (Å²) in [5, 5.41) is 12.7. The summed E-state index contributed by atoms with van der Waals surface area (Å²) in [5.41, 5.74) is 0.00837. The number of alkyl halides is 1. The molecule has 5 nitrogen and oxygen atoms in total. The topological polar surface area (TPSA) is 46.3 Å². The van der Waals surface area contributed by atoms with E-state index in [0.717, 1.165) is 12.8 Å². The summed E-state index contributed by atoms with van der Waals surface area (Å²) in [6.07, 6.45) is 3.07. The summed E-state index contributed by atoms with van der Waals surface area (Å²) >= 11 is 0. The van der Waals surface area contributed by atoms with Crippen molar-refractivity contribution < 1.29 is 8.78 Å². The number of anilines is 1. The van der Waals surface area contributed by atoms with E-state index in [2.05, 4.69) is 15.3 Å². The molecule has 0 atom stereocenters. The minimum absolute atomic E-state index is 0.308. The number of benzene rings is 1. The van der Waals surface area contributed by atoms with Gasteiger partial charge >= 0.3 is 0 Å². The van der Waals surface area contributed by atoms with E-state index in [0.29, 0.717) is 42.2 Å². The predicted molar refractivity (Wildman–Crippen MR) is 91.8 cm³/mol. The highest BCUT2D eigenvalue weighted by Crippen LogP contribution is 2.34. The second-order valence-electron chi connectivity index (χ2n) is 6.71. The van der Waals surface area contributed by atoms with Crippen molar-refractivity contribution in [3.63, 3.8) is 0 Å². The van der Waals surface area contributed by atoms with Crippen molar-refractivity contribution >= 4 is 11.5 Å². The summed E-state index contributed by atoms with van der Waals surface area (Å²) < 4.78 is 29.8. The Bertz CT molecular complexity index is 901. The standard InChI is InChI=1S/C18H19F2N5/c1-24(12-18(20)9-2-3-10-18)16-8-7-15-21-22-17(25(15)23-16)13-5-4-6-14(19)11-13/h4-8,11H,2-3,9-10,12H2,1H3. The van der Waals surface area contributed by atoms with Gasteiger partial charge in [0.05, 0.1) is 6.54 Å². The first-order chi connectivity index (χ1) is 12.0. The largest absolute Gasteiger partial charge is 0.355 e. The first-order valence-corrected chi connectivity index (χ1v) is 8.43. The van der Waals surface area contributed by atoms with E-state index in [1.807, 2.05) is 11.9 Å². The smallest absolute Gasteiger partial charge is 0.185 e. The van der Waals surface area contributed by atoms with Crippen LogP contribution in [0.4, 0.5) is 14.6 Å². The third-order valence-corrected chi connectivity index (χ3v) is 4.74. The predicted octanol–water partition coefficient (Wildman–Crippen LogP) is 3.65. The molecule has 7 heteroatoms. The Morgan fingerprint density at radius 1 is 1.16 bits per heavy atom. The van der Waals surface area contributed by atoms with Crippen LogP contribution < -0.4 is 4.90 Å². The average Bonchev–Trinajstić information content (AvgIpc) is 3.20. The Hall–Kier alpha value is -2.57. The first kappa shape index (κ1) is 15.9. The van der Waals surface area contributed by atoms with Crippen molar-refractivity contribution in [2.75, 3.05) is 18.5 Å². The molecule has 0 saturated heterocycles. The molecule has 1 aliphatic rings. The van der Waals surface area contributed by atoms with Gasteiger partial charge in [0, 0.05) is 12.6 Å². The summed E-state index contributed by atoms with van der Waals surface area (Å²) in [6, 6.07) is 9.73. The maximum Gasteiger partial charge on any atom is 0.185 e. The summed E-state index contributed by atoms with van der Waals surface area (Å²) in [4.78, 5) is 1.82. The number of rotatable bonds is 4. The monoisotopic (exact) mass is 343 g/mol. The first-order valence-electron chi connectivity index (χ1n) is 8.43. The van der Waals surface area contributed by atoms with E-state index in [1.165, 1.54) is 12.1 Å². The van der Waals surface area contributed by atoms with Gasteiger partial charge in [-0.15, -0.1) is 15.3 Å². The molecule has 3 aromatic rings. The lowest BCUT2D eigenvalue weighted by atomic mass is 10.0. The second-order valence-corrected chi connectivity index (χ2v) is 6.71. The van der Waals surface area contributed by atoms with Gasteiger partial charge in [0.1, 0.15) is 17.3 Å². The van der Waals surface area contributed by atoms with Crippen LogP contribution in [0.1, 0.15) is 25.7 Å². The molecule has 130 valence electrons. The Balaban J connectivity index is 1.68. The molecule has 0 radical (unpaired) electrons. The molecule has 1 fully saturated rings. The Kier molecular flexibility index (Phi) is 3.86. The van der Waals surface area contributed by atoms with Gasteiger partial charge in [0.25, 0.3) is 0 Å². The average molecular weight is 343 g/mol. The zero-order chi connectivity index (χ0) is 17.4. The normalized spacial score (nSPS) is 16.4. The maximum atomic E-state index is 14.7. The molecule has 1 aromatic carbocycles. The molecule has 2 heterocycles. The van der Waals surface area contributed by atoms with E-state index in [1.54, 1.807) is 28.8 Å². The van der Waals surface area contributed by atoms with Gasteiger partial charge in [-0.2, -0.15) is 4.52 Å². The molecule has 0 aliphatic heterocycles. The van der Waals surface area contributed by atoms with Crippen LogP contribution in [-0.4, -0.2) is 39.1 Å². The van der Waals surface area contributed by atoms with Crippen LogP contribution in [0, 0.1) is 5.82 Å². The van der Waals surface area contributed by atoms with Crippen molar-refractivity contribution in [1.29, 1.82) is 0 Å². The molecular formula is C18H19F2N5. The quantitative estimate of drug-likeness (QED) is 0.725. The van der Waals surface area contributed by atoms with Crippen molar-refractivity contribution in [2.45, 2.75) is 31.4 Å². The molecule has 0 N–H and O–H groups in total. The Labute approximate surface area is 144 Å². The highest BCUT2D eigenvalue weighted by molar-refractivity contribution is 5.59. The number of aromatic nitrogens is 4. The van der Waals surface area contributed by atoms with Gasteiger partial charge in [-0.05, 0) is 37.1 Å². The molecule has 0 spiro atoms. The molecule has 1 aliphatic carbocycles. The summed E-state index contributed by atoms with van der Waals surface area (Å²) in [5.74, 6) is 0.748. The number of nitrogens with zero attached hydrogens (tertiary/aromatic N) is 5. The van der Waals surface area contributed by atoms with Gasteiger partial charge < -0.3 is 4.90 Å². The molecule has 1 saturated carbocycles. The number of fused-ring (bicyclic) bond motifs is 1. The minimum atomic E-state index is -1.15. The zero-order valence-corrected chi connectivity index (χ0v) is 14.0. The van der Waals surface area contributed by atoms with Gasteiger partial charge in [0.2, 0.25) is 0 Å². The zero-order valence-electron chi connectivity index (χ0n) is 14.0. The molecule has 0 amide bonds. The van der Waals surface area contributed by atoms with Crippen molar-refractivity contribution in [2.24, 2.45) is 0 Å². The molecule has 2 aromatic heterocycles. The molecule has 0 bridgehead atoms. The second kappa shape index (κ2) is 6.06. The SMILES string of the molecule is CN(CC1(F)CCCC1)c1ccc2nnc(-c3cccc(F)c3)n2n1. The number of hydrogen-bond acceptors (Lipinski definition) is 4. The lowest BCUT2D eigenvalue weighted by Crippen LogP contribution is -2.36. The van der Waals surface area contributed by atoms with Crippen LogP contribution in [0.5, 0.6) is 0 Å². The number of halogens is 2. The van der Waals surface area contributed by atoms with Gasteiger partial charge in [-0.1, -0.05) is 25.0 Å². The molecule has 4 rings (SSSR count). The fourth-order valence-electron chi connectivity index (χ4n) is 3.46. The van der Waals surface area contributed by atoms with Crippen molar-refractivity contribution in [1.82, 2.24) is 19.8 Å². The van der Waals surface area contributed by atoms with Crippen LogP contribution in [0.2, 0.25) is 0 Å².